The van der Waals surface area contributed by atoms with Gasteiger partial charge in [0.15, 0.2) is 0 Å². The number of aliphatic hydroxyl groups is 2. The lowest BCUT2D eigenvalue weighted by atomic mass is 9.45. The fourth-order valence-electron chi connectivity index (χ4n) is 8.04. The number of aliphatic hydroxyl groups excluding tert-OH is 2. The van der Waals surface area contributed by atoms with Gasteiger partial charge in [0.1, 0.15) is 12.1 Å². The van der Waals surface area contributed by atoms with E-state index in [9.17, 15) is 15.0 Å². The van der Waals surface area contributed by atoms with Gasteiger partial charge in [0.2, 0.25) is 5.91 Å². The zero-order chi connectivity index (χ0) is 31.5. The maximum Gasteiger partial charge on any atom is 0.240 e. The normalized spacial score (nSPS) is 30.8. The summed E-state index contributed by atoms with van der Waals surface area (Å²) < 4.78 is 0. The van der Waals surface area contributed by atoms with E-state index in [1.54, 1.807) is 12.0 Å². The first kappa shape index (κ1) is 34.1. The number of carbonyl (C=O) groups is 1. The second-order valence-electron chi connectivity index (χ2n) is 14.7. The fourth-order valence-corrected chi connectivity index (χ4v) is 8.04. The van der Waals surface area contributed by atoms with E-state index in [2.05, 4.69) is 93.2 Å². The topological polar surface area (TPSA) is 91.7 Å². The summed E-state index contributed by atoms with van der Waals surface area (Å²) in [6.45, 7) is 12.8. The van der Waals surface area contributed by atoms with E-state index in [1.165, 1.54) is 12.1 Å². The van der Waals surface area contributed by atoms with Crippen molar-refractivity contribution in [3.8, 4) is 0 Å². The lowest BCUT2D eigenvalue weighted by Crippen LogP contribution is -2.62. The number of fused-ring (bicyclic) bond motifs is 2. The predicted molar refractivity (Wildman–Crippen MR) is 173 cm³/mol. The molecule has 8 atom stereocenters. The van der Waals surface area contributed by atoms with Crippen molar-refractivity contribution >= 4 is 11.6 Å². The highest BCUT2D eigenvalue weighted by Crippen LogP contribution is 2.61. The van der Waals surface area contributed by atoms with Gasteiger partial charge in [0, 0.05) is 30.7 Å². The van der Waals surface area contributed by atoms with Crippen molar-refractivity contribution < 1.29 is 19.8 Å². The molecule has 4 aliphatic rings. The lowest BCUT2D eigenvalue weighted by Gasteiger charge is -2.62. The van der Waals surface area contributed by atoms with Crippen molar-refractivity contribution in [3.63, 3.8) is 0 Å². The zero-order valence-corrected chi connectivity index (χ0v) is 28.0. The van der Waals surface area contributed by atoms with Crippen LogP contribution in [-0.2, 0) is 16.2 Å². The molecular weight excluding hydrogens is 542 g/mol. The highest BCUT2D eigenvalue weighted by Gasteiger charge is 2.57. The van der Waals surface area contributed by atoms with Crippen LogP contribution in [0.3, 0.4) is 0 Å². The SMILES string of the molecule is CC1C2C[C@H](C[C@@H]1NC(=O)[C@@H]1[C@H]([C@H](C)O)[C@H](CO)ON1Cc1cccc(N(CCCN(C)C)CCCN(C)C)c1)C2(C)C. The molecule has 9 nitrogen and oxygen atoms in total. The summed E-state index contributed by atoms with van der Waals surface area (Å²) in [6.07, 6.45) is 2.95. The van der Waals surface area contributed by atoms with Crippen LogP contribution >= 0.6 is 0 Å². The minimum Gasteiger partial charge on any atom is -0.394 e. The molecular formula is C34H59N5O4. The number of benzene rings is 1. The van der Waals surface area contributed by atoms with Gasteiger partial charge in [-0.15, -0.1) is 0 Å². The number of nitrogens with one attached hydrogen (secondary N) is 1. The maximum atomic E-state index is 14.0. The molecule has 43 heavy (non-hydrogen) atoms. The Balaban J connectivity index is 1.50. The van der Waals surface area contributed by atoms with Gasteiger partial charge in [-0.2, -0.15) is 5.06 Å². The zero-order valence-electron chi connectivity index (χ0n) is 28.0. The van der Waals surface area contributed by atoms with Crippen LogP contribution in [0.5, 0.6) is 0 Å². The van der Waals surface area contributed by atoms with E-state index in [-0.39, 0.29) is 18.6 Å². The van der Waals surface area contributed by atoms with Gasteiger partial charge in [-0.3, -0.25) is 9.63 Å². The summed E-state index contributed by atoms with van der Waals surface area (Å²) in [5.74, 6) is 1.02. The molecule has 0 aromatic heterocycles. The Hall–Kier alpha value is -1.75. The largest absolute Gasteiger partial charge is 0.394 e. The minimum absolute atomic E-state index is 0.108. The minimum atomic E-state index is -0.802. The molecule has 3 aliphatic carbocycles. The van der Waals surface area contributed by atoms with Crippen LogP contribution in [0.15, 0.2) is 24.3 Å². The van der Waals surface area contributed by atoms with Crippen LogP contribution in [-0.4, -0.2) is 116 Å². The second kappa shape index (κ2) is 14.6. The molecule has 3 N–H and O–H groups in total. The van der Waals surface area contributed by atoms with Crippen molar-refractivity contribution in [1.82, 2.24) is 20.2 Å². The van der Waals surface area contributed by atoms with Crippen LogP contribution in [0.1, 0.15) is 58.9 Å². The molecule has 0 spiro atoms. The van der Waals surface area contributed by atoms with E-state index in [0.29, 0.717) is 29.7 Å². The molecule has 1 aromatic carbocycles. The van der Waals surface area contributed by atoms with Crippen LogP contribution in [0.4, 0.5) is 5.69 Å². The highest BCUT2D eigenvalue weighted by atomic mass is 16.7. The van der Waals surface area contributed by atoms with E-state index in [4.69, 9.17) is 4.84 Å². The second-order valence-corrected chi connectivity index (χ2v) is 14.7. The molecule has 1 heterocycles. The molecule has 1 aliphatic heterocycles. The van der Waals surface area contributed by atoms with Gasteiger partial charge >= 0.3 is 0 Å². The van der Waals surface area contributed by atoms with Crippen molar-refractivity contribution in [2.24, 2.45) is 29.1 Å². The first-order valence-electron chi connectivity index (χ1n) is 16.5. The molecule has 244 valence electrons. The average Bonchev–Trinajstić information content (AvgIpc) is 3.31. The first-order valence-corrected chi connectivity index (χ1v) is 16.5. The summed E-state index contributed by atoms with van der Waals surface area (Å²) in [7, 11) is 8.44. The van der Waals surface area contributed by atoms with Crippen LogP contribution in [0.25, 0.3) is 0 Å². The summed E-state index contributed by atoms with van der Waals surface area (Å²) in [5.41, 5.74) is 2.54. The van der Waals surface area contributed by atoms with Crippen LogP contribution < -0.4 is 10.2 Å². The number of nitrogens with zero attached hydrogens (tertiary/aromatic N) is 4. The van der Waals surface area contributed by atoms with Crippen LogP contribution in [0.2, 0.25) is 0 Å². The standard InChI is InChI=1S/C34H59N5O4/c1-23-28-19-26(34(28,3)4)20-29(23)35-33(42)32-31(24(2)41)30(22-40)43-39(32)21-25-12-9-13-27(18-25)38(16-10-14-36(5)6)17-11-15-37(7)8/h9,12-13,18,23-24,26,28-32,40-41H,10-11,14-17,19-22H2,1-8H3,(H,35,42)/t23?,24-,26+,28?,29-,30-,31+,32-/m0/s1. The number of hydroxylamine groups is 2. The average molecular weight is 602 g/mol. The summed E-state index contributed by atoms with van der Waals surface area (Å²) in [5, 5.41) is 26.1. The fraction of sp³-hybridized carbons (Fsp3) is 0.794. The van der Waals surface area contributed by atoms with Gasteiger partial charge in [-0.1, -0.05) is 32.9 Å². The third-order valence-corrected chi connectivity index (χ3v) is 10.7. The van der Waals surface area contributed by atoms with Gasteiger partial charge in [0.05, 0.1) is 19.3 Å². The first-order chi connectivity index (χ1) is 20.3. The van der Waals surface area contributed by atoms with Crippen molar-refractivity contribution in [1.29, 1.82) is 0 Å². The number of hydrogen-bond acceptors (Lipinski definition) is 8. The van der Waals surface area contributed by atoms with Crippen molar-refractivity contribution in [2.75, 3.05) is 65.9 Å². The van der Waals surface area contributed by atoms with Gasteiger partial charge in [-0.25, -0.2) is 0 Å². The molecule has 4 fully saturated rings. The number of carbonyl (C=O) groups excluding carboxylic acids is 1. The molecule has 5 rings (SSSR count). The molecule has 2 bridgehead atoms. The summed E-state index contributed by atoms with van der Waals surface area (Å²) >= 11 is 0. The quantitative estimate of drug-likeness (QED) is 0.283. The molecule has 2 unspecified atom stereocenters. The number of rotatable bonds is 15. The third kappa shape index (κ3) is 7.92. The number of hydrogen-bond donors (Lipinski definition) is 3. The van der Waals surface area contributed by atoms with E-state index in [0.717, 1.165) is 51.0 Å². The number of anilines is 1. The molecule has 0 radical (unpaired) electrons. The molecule has 9 heteroatoms. The van der Waals surface area contributed by atoms with Gasteiger partial charge in [0.25, 0.3) is 0 Å². The summed E-state index contributed by atoms with van der Waals surface area (Å²) in [6, 6.07) is 7.95. The molecule has 1 amide bonds. The Morgan fingerprint density at radius 1 is 1.09 bits per heavy atom. The molecule has 1 saturated heterocycles. The van der Waals surface area contributed by atoms with Crippen molar-refractivity contribution in [2.45, 2.75) is 84.2 Å². The Morgan fingerprint density at radius 2 is 1.74 bits per heavy atom. The third-order valence-electron chi connectivity index (χ3n) is 10.7. The van der Waals surface area contributed by atoms with E-state index in [1.807, 2.05) is 0 Å². The Morgan fingerprint density at radius 3 is 2.28 bits per heavy atom. The summed E-state index contributed by atoms with van der Waals surface area (Å²) in [4.78, 5) is 27.1. The molecule has 3 saturated carbocycles. The smallest absolute Gasteiger partial charge is 0.240 e. The Labute approximate surface area is 260 Å². The lowest BCUT2D eigenvalue weighted by molar-refractivity contribution is -0.183. The van der Waals surface area contributed by atoms with Gasteiger partial charge < -0.3 is 30.2 Å². The monoisotopic (exact) mass is 601 g/mol. The van der Waals surface area contributed by atoms with E-state index < -0.39 is 24.2 Å². The Kier molecular flexibility index (Phi) is 11.6. The highest BCUT2D eigenvalue weighted by molar-refractivity contribution is 5.82. The van der Waals surface area contributed by atoms with E-state index >= 15 is 0 Å². The van der Waals surface area contributed by atoms with Crippen molar-refractivity contribution in [3.05, 3.63) is 29.8 Å². The predicted octanol–water partition coefficient (Wildman–Crippen LogP) is 3.06. The van der Waals surface area contributed by atoms with Crippen LogP contribution in [0, 0.1) is 29.1 Å². The molecule has 1 aromatic rings. The number of amides is 1. The van der Waals surface area contributed by atoms with Gasteiger partial charge in [-0.05, 0) is 115 Å². The Bertz CT molecular complexity index is 1040. The maximum absolute atomic E-state index is 14.0.